The van der Waals surface area contributed by atoms with Gasteiger partial charge in [0.05, 0.1) is 5.69 Å². The topological polar surface area (TPSA) is 63.8 Å². The highest BCUT2D eigenvalue weighted by Gasteiger charge is 2.08. The molecule has 0 amide bonds. The minimum absolute atomic E-state index is 0.732. The molecule has 0 saturated heterocycles. The number of benzene rings is 1. The Kier molecular flexibility index (Phi) is 4.21. The fraction of sp³-hybridized carbons (Fsp3) is 0.214. The van der Waals surface area contributed by atoms with Gasteiger partial charge in [-0.3, -0.25) is 0 Å². The monoisotopic (exact) mass is 318 g/mol. The number of anilines is 2. The molecule has 0 saturated carbocycles. The van der Waals surface area contributed by atoms with E-state index in [1.165, 1.54) is 16.9 Å². The van der Waals surface area contributed by atoms with Gasteiger partial charge in [-0.15, -0.1) is 10.2 Å². The molecule has 5 nitrogen and oxygen atoms in total. The van der Waals surface area contributed by atoms with Crippen molar-refractivity contribution in [2.45, 2.75) is 23.9 Å². The summed E-state index contributed by atoms with van der Waals surface area (Å²) in [6.07, 6.45) is 0. The molecule has 1 aromatic carbocycles. The quantitative estimate of drug-likeness (QED) is 0.712. The highest BCUT2D eigenvalue weighted by atomic mass is 32.2. The van der Waals surface area contributed by atoms with E-state index >= 15 is 0 Å². The van der Waals surface area contributed by atoms with Gasteiger partial charge in [-0.2, -0.15) is 0 Å². The van der Waals surface area contributed by atoms with Gasteiger partial charge in [-0.25, -0.2) is 0 Å². The second kappa shape index (κ2) is 6.28. The van der Waals surface area contributed by atoms with Crippen LogP contribution in [0.1, 0.15) is 17.0 Å². The summed E-state index contributed by atoms with van der Waals surface area (Å²) in [5.74, 6) is 1.56. The van der Waals surface area contributed by atoms with Crippen molar-refractivity contribution in [1.29, 1.82) is 0 Å². The minimum atomic E-state index is 0.732. The number of hydrogen-bond donors (Lipinski definition) is 1. The molecular formula is C14H14N4OS2. The molecule has 0 bridgehead atoms. The van der Waals surface area contributed by atoms with Crippen LogP contribution in [0.3, 0.4) is 0 Å². The van der Waals surface area contributed by atoms with Gasteiger partial charge in [0.1, 0.15) is 5.76 Å². The number of thioether (sulfide) groups is 1. The third-order valence-electron chi connectivity index (χ3n) is 2.81. The van der Waals surface area contributed by atoms with Crippen LogP contribution in [0.2, 0.25) is 0 Å². The zero-order valence-electron chi connectivity index (χ0n) is 11.7. The molecule has 0 radical (unpaired) electrons. The molecular weight excluding hydrogens is 304 g/mol. The van der Waals surface area contributed by atoms with Crippen LogP contribution in [-0.2, 0) is 5.75 Å². The molecule has 2 heterocycles. The smallest absolute Gasteiger partial charge is 0.210 e. The van der Waals surface area contributed by atoms with Gasteiger partial charge in [0.2, 0.25) is 5.13 Å². The number of nitrogens with one attached hydrogen (secondary N) is 1. The van der Waals surface area contributed by atoms with E-state index < -0.39 is 0 Å². The van der Waals surface area contributed by atoms with E-state index in [0.29, 0.717) is 0 Å². The van der Waals surface area contributed by atoms with Crippen molar-refractivity contribution in [2.24, 2.45) is 0 Å². The minimum Gasteiger partial charge on any atom is -0.361 e. The Balaban J connectivity index is 1.62. The summed E-state index contributed by atoms with van der Waals surface area (Å²) in [4.78, 5) is 0. The SMILES string of the molecule is Cc1cc(CSc2nnc(Nc3ccccc3C)s2)no1. The molecule has 3 aromatic rings. The Labute approximate surface area is 130 Å². The Morgan fingerprint density at radius 3 is 2.86 bits per heavy atom. The molecule has 108 valence electrons. The number of rotatable bonds is 5. The molecule has 0 fully saturated rings. The zero-order valence-corrected chi connectivity index (χ0v) is 13.3. The number of para-hydroxylation sites is 1. The van der Waals surface area contributed by atoms with Crippen molar-refractivity contribution in [2.75, 3.05) is 5.32 Å². The lowest BCUT2D eigenvalue weighted by molar-refractivity contribution is 0.393. The molecule has 3 rings (SSSR count). The Morgan fingerprint density at radius 1 is 1.24 bits per heavy atom. The van der Waals surface area contributed by atoms with Gasteiger partial charge in [0.15, 0.2) is 4.34 Å². The summed E-state index contributed by atoms with van der Waals surface area (Å²) in [7, 11) is 0. The van der Waals surface area contributed by atoms with E-state index in [0.717, 1.165) is 32.4 Å². The summed E-state index contributed by atoms with van der Waals surface area (Å²) in [6, 6.07) is 10.0. The third-order valence-corrected chi connectivity index (χ3v) is 4.82. The van der Waals surface area contributed by atoms with Crippen LogP contribution in [0.25, 0.3) is 0 Å². The van der Waals surface area contributed by atoms with E-state index in [1.54, 1.807) is 11.8 Å². The summed E-state index contributed by atoms with van der Waals surface area (Å²) in [5.41, 5.74) is 3.15. The van der Waals surface area contributed by atoms with E-state index in [4.69, 9.17) is 4.52 Å². The van der Waals surface area contributed by atoms with Crippen molar-refractivity contribution >= 4 is 33.9 Å². The molecule has 0 aliphatic heterocycles. The Morgan fingerprint density at radius 2 is 2.10 bits per heavy atom. The molecule has 2 aromatic heterocycles. The van der Waals surface area contributed by atoms with Crippen molar-refractivity contribution in [3.8, 4) is 0 Å². The highest BCUT2D eigenvalue weighted by molar-refractivity contribution is 8.00. The Hall–Kier alpha value is -1.86. The normalized spacial score (nSPS) is 10.8. The fourth-order valence-electron chi connectivity index (χ4n) is 1.77. The first-order chi connectivity index (χ1) is 10.2. The van der Waals surface area contributed by atoms with Crippen molar-refractivity contribution in [3.63, 3.8) is 0 Å². The number of aryl methyl sites for hydroxylation is 2. The van der Waals surface area contributed by atoms with Crippen LogP contribution < -0.4 is 5.32 Å². The molecule has 0 aliphatic carbocycles. The third kappa shape index (κ3) is 3.62. The van der Waals surface area contributed by atoms with E-state index in [1.807, 2.05) is 31.2 Å². The first-order valence-corrected chi connectivity index (χ1v) is 8.22. The molecule has 0 aliphatic rings. The van der Waals surface area contributed by atoms with Crippen molar-refractivity contribution < 1.29 is 4.52 Å². The molecule has 0 atom stereocenters. The van der Waals surface area contributed by atoms with Gasteiger partial charge in [0, 0.05) is 17.5 Å². The van der Waals surface area contributed by atoms with Crippen molar-refractivity contribution in [3.05, 3.63) is 47.3 Å². The first kappa shape index (κ1) is 14.1. The molecule has 1 N–H and O–H groups in total. The number of aromatic nitrogens is 3. The van der Waals surface area contributed by atoms with Crippen LogP contribution in [0.4, 0.5) is 10.8 Å². The summed E-state index contributed by atoms with van der Waals surface area (Å²) in [6.45, 7) is 3.95. The predicted octanol–water partition coefficient (Wildman–Crippen LogP) is 4.18. The average molecular weight is 318 g/mol. The van der Waals surface area contributed by atoms with Gasteiger partial charge >= 0.3 is 0 Å². The lowest BCUT2D eigenvalue weighted by Gasteiger charge is -2.04. The fourth-order valence-corrected chi connectivity index (χ4v) is 3.41. The van der Waals surface area contributed by atoms with Gasteiger partial charge in [0.25, 0.3) is 0 Å². The molecule has 0 unspecified atom stereocenters. The van der Waals surface area contributed by atoms with Crippen LogP contribution in [0.15, 0.2) is 39.2 Å². The molecule has 21 heavy (non-hydrogen) atoms. The summed E-state index contributed by atoms with van der Waals surface area (Å²) >= 11 is 3.14. The van der Waals surface area contributed by atoms with E-state index in [2.05, 4.69) is 33.7 Å². The summed E-state index contributed by atoms with van der Waals surface area (Å²) < 4.78 is 5.95. The first-order valence-electron chi connectivity index (χ1n) is 6.42. The number of hydrogen-bond acceptors (Lipinski definition) is 7. The second-order valence-electron chi connectivity index (χ2n) is 4.53. The van der Waals surface area contributed by atoms with Gasteiger partial charge in [-0.05, 0) is 25.5 Å². The van der Waals surface area contributed by atoms with Crippen LogP contribution in [-0.4, -0.2) is 15.4 Å². The highest BCUT2D eigenvalue weighted by Crippen LogP contribution is 2.30. The van der Waals surface area contributed by atoms with E-state index in [-0.39, 0.29) is 0 Å². The second-order valence-corrected chi connectivity index (χ2v) is 6.73. The molecule has 7 heteroatoms. The van der Waals surface area contributed by atoms with Gasteiger partial charge in [-0.1, -0.05) is 46.5 Å². The van der Waals surface area contributed by atoms with Crippen molar-refractivity contribution in [1.82, 2.24) is 15.4 Å². The summed E-state index contributed by atoms with van der Waals surface area (Å²) in [5, 5.41) is 16.4. The average Bonchev–Trinajstić information content (AvgIpc) is 3.08. The maximum absolute atomic E-state index is 5.04. The largest absolute Gasteiger partial charge is 0.361 e. The van der Waals surface area contributed by atoms with Crippen LogP contribution in [0, 0.1) is 13.8 Å². The maximum Gasteiger partial charge on any atom is 0.210 e. The van der Waals surface area contributed by atoms with Crippen LogP contribution >= 0.6 is 23.1 Å². The lowest BCUT2D eigenvalue weighted by atomic mass is 10.2. The zero-order chi connectivity index (χ0) is 14.7. The van der Waals surface area contributed by atoms with E-state index in [9.17, 15) is 0 Å². The lowest BCUT2D eigenvalue weighted by Crippen LogP contribution is -1.91. The maximum atomic E-state index is 5.04. The Bertz CT molecular complexity index is 738. The van der Waals surface area contributed by atoms with Gasteiger partial charge < -0.3 is 9.84 Å². The number of nitrogens with zero attached hydrogens (tertiary/aromatic N) is 3. The van der Waals surface area contributed by atoms with Crippen LogP contribution in [0.5, 0.6) is 0 Å². The standard InChI is InChI=1S/C14H14N4OS2/c1-9-5-3-4-6-12(9)15-13-16-17-14(21-13)20-8-11-7-10(2)19-18-11/h3-7H,8H2,1-2H3,(H,15,16). The molecule has 0 spiro atoms. The predicted molar refractivity (Wildman–Crippen MR) is 85.2 cm³/mol.